The summed E-state index contributed by atoms with van der Waals surface area (Å²) in [4.78, 5) is 23.3. The number of likely N-dealkylation sites (tertiary alicyclic amines) is 2. The van der Waals surface area contributed by atoms with Crippen LogP contribution in [0.1, 0.15) is 19.3 Å². The normalized spacial score (nSPS) is 35.8. The van der Waals surface area contributed by atoms with Crippen molar-refractivity contribution in [1.29, 1.82) is 0 Å². The average Bonchev–Trinajstić information content (AvgIpc) is 3.32. The van der Waals surface area contributed by atoms with Gasteiger partial charge in [0.2, 0.25) is 0 Å². The third-order valence-corrected chi connectivity index (χ3v) is 5.96. The van der Waals surface area contributed by atoms with Gasteiger partial charge in [-0.2, -0.15) is 0 Å². The fourth-order valence-electron chi connectivity index (χ4n) is 4.62. The zero-order valence-electron chi connectivity index (χ0n) is 14.0. The molecular weight excluding hydrogens is 294 g/mol. The molecule has 0 aromatic carbocycles. The van der Waals surface area contributed by atoms with Crippen LogP contribution in [-0.2, 0) is 14.4 Å². The van der Waals surface area contributed by atoms with Crippen molar-refractivity contribution in [3.05, 3.63) is 0 Å². The molecular formula is C17H29N3O3. The highest BCUT2D eigenvalue weighted by Crippen LogP contribution is 2.35. The van der Waals surface area contributed by atoms with E-state index in [2.05, 4.69) is 9.80 Å². The van der Waals surface area contributed by atoms with Crippen molar-refractivity contribution in [2.45, 2.75) is 19.3 Å². The number of hydroxylamine groups is 2. The minimum absolute atomic E-state index is 0.0105. The van der Waals surface area contributed by atoms with E-state index in [9.17, 15) is 4.79 Å². The Bertz CT molecular complexity index is 421. The summed E-state index contributed by atoms with van der Waals surface area (Å²) < 4.78 is 5.76. The number of amides is 1. The Morgan fingerprint density at radius 1 is 0.957 bits per heavy atom. The van der Waals surface area contributed by atoms with Gasteiger partial charge in [-0.05, 0) is 44.2 Å². The third kappa shape index (κ3) is 3.40. The molecule has 0 aromatic rings. The van der Waals surface area contributed by atoms with Crippen LogP contribution in [0.4, 0.5) is 0 Å². The van der Waals surface area contributed by atoms with E-state index in [0.717, 1.165) is 39.2 Å². The quantitative estimate of drug-likeness (QED) is 0.751. The smallest absolute Gasteiger partial charge is 0.251 e. The molecule has 3 atom stereocenters. The van der Waals surface area contributed by atoms with Gasteiger partial charge in [0.1, 0.15) is 0 Å². The lowest BCUT2D eigenvalue weighted by molar-refractivity contribution is -0.181. The second kappa shape index (κ2) is 7.05. The molecule has 0 bridgehead atoms. The van der Waals surface area contributed by atoms with E-state index in [4.69, 9.17) is 9.57 Å². The Labute approximate surface area is 138 Å². The SMILES string of the molecule is O=C([C@H]1COC[C@H]2CN(CCN3CCCC3)C[C@H]21)N1CCCO1. The zero-order chi connectivity index (χ0) is 15.6. The molecule has 0 aliphatic carbocycles. The van der Waals surface area contributed by atoms with E-state index in [0.29, 0.717) is 25.0 Å². The number of carbonyl (C=O) groups is 1. The van der Waals surface area contributed by atoms with Crippen molar-refractivity contribution < 1.29 is 14.4 Å². The van der Waals surface area contributed by atoms with E-state index < -0.39 is 0 Å². The molecule has 0 radical (unpaired) electrons. The van der Waals surface area contributed by atoms with Crippen molar-refractivity contribution in [3.63, 3.8) is 0 Å². The van der Waals surface area contributed by atoms with Crippen LogP contribution in [0.3, 0.4) is 0 Å². The highest BCUT2D eigenvalue weighted by atomic mass is 16.7. The zero-order valence-corrected chi connectivity index (χ0v) is 14.0. The minimum atomic E-state index is -0.0105. The molecule has 4 saturated heterocycles. The molecule has 0 saturated carbocycles. The molecule has 0 spiro atoms. The Morgan fingerprint density at radius 3 is 2.57 bits per heavy atom. The Hall–Kier alpha value is -0.690. The lowest BCUT2D eigenvalue weighted by atomic mass is 9.82. The second-order valence-corrected chi connectivity index (χ2v) is 7.50. The van der Waals surface area contributed by atoms with Crippen LogP contribution < -0.4 is 0 Å². The average molecular weight is 323 g/mol. The number of carbonyl (C=O) groups excluding carboxylic acids is 1. The second-order valence-electron chi connectivity index (χ2n) is 7.50. The first-order chi connectivity index (χ1) is 11.3. The molecule has 4 aliphatic heterocycles. The van der Waals surface area contributed by atoms with E-state index in [1.54, 1.807) is 5.06 Å². The fraction of sp³-hybridized carbons (Fsp3) is 0.941. The monoisotopic (exact) mass is 323 g/mol. The maximum absolute atomic E-state index is 12.7. The highest BCUT2D eigenvalue weighted by molar-refractivity contribution is 5.78. The van der Waals surface area contributed by atoms with Crippen LogP contribution in [0.2, 0.25) is 0 Å². The lowest BCUT2D eigenvalue weighted by Gasteiger charge is -2.33. The number of hydrogen-bond acceptors (Lipinski definition) is 5. The van der Waals surface area contributed by atoms with Gasteiger partial charge in [-0.1, -0.05) is 0 Å². The van der Waals surface area contributed by atoms with Gasteiger partial charge in [0, 0.05) is 26.2 Å². The molecule has 0 unspecified atom stereocenters. The van der Waals surface area contributed by atoms with Crippen LogP contribution in [-0.4, -0.2) is 86.4 Å². The predicted octanol–water partition coefficient (Wildman–Crippen LogP) is 0.441. The van der Waals surface area contributed by atoms with Crippen LogP contribution in [0, 0.1) is 17.8 Å². The van der Waals surface area contributed by atoms with Crippen LogP contribution in [0.5, 0.6) is 0 Å². The first-order valence-corrected chi connectivity index (χ1v) is 9.28. The van der Waals surface area contributed by atoms with Gasteiger partial charge in [0.15, 0.2) is 0 Å². The maximum atomic E-state index is 12.7. The summed E-state index contributed by atoms with van der Waals surface area (Å²) >= 11 is 0. The van der Waals surface area contributed by atoms with Crippen molar-refractivity contribution in [1.82, 2.24) is 14.9 Å². The summed E-state index contributed by atoms with van der Waals surface area (Å²) in [7, 11) is 0. The molecule has 0 N–H and O–H groups in total. The summed E-state index contributed by atoms with van der Waals surface area (Å²) in [5.41, 5.74) is 0. The molecule has 1 amide bonds. The summed E-state index contributed by atoms with van der Waals surface area (Å²) in [5.74, 6) is 1.10. The molecule has 4 fully saturated rings. The van der Waals surface area contributed by atoms with Gasteiger partial charge in [-0.25, -0.2) is 5.06 Å². The standard InChI is InChI=1S/C17H29N3O3/c21-17(20-6-3-9-23-20)16-13-22-12-14-10-19(11-15(14)16)8-7-18-4-1-2-5-18/h14-16H,1-13H2/t14-,15-,16+/m1/s1. The molecule has 6 heteroatoms. The Kier molecular flexibility index (Phi) is 4.85. The van der Waals surface area contributed by atoms with E-state index in [-0.39, 0.29) is 11.8 Å². The van der Waals surface area contributed by atoms with Crippen LogP contribution >= 0.6 is 0 Å². The summed E-state index contributed by atoms with van der Waals surface area (Å²) in [6, 6.07) is 0. The number of fused-ring (bicyclic) bond motifs is 1. The predicted molar refractivity (Wildman–Crippen MR) is 85.7 cm³/mol. The Balaban J connectivity index is 1.33. The van der Waals surface area contributed by atoms with Crippen LogP contribution in [0.25, 0.3) is 0 Å². The van der Waals surface area contributed by atoms with Gasteiger partial charge in [0.05, 0.1) is 32.3 Å². The number of ether oxygens (including phenoxy) is 1. The number of nitrogens with zero attached hydrogens (tertiary/aromatic N) is 3. The summed E-state index contributed by atoms with van der Waals surface area (Å²) in [6.45, 7) is 9.77. The van der Waals surface area contributed by atoms with Crippen molar-refractivity contribution in [2.75, 3.05) is 65.6 Å². The largest absolute Gasteiger partial charge is 0.380 e. The first kappa shape index (κ1) is 15.8. The van der Waals surface area contributed by atoms with Gasteiger partial charge in [-0.3, -0.25) is 9.63 Å². The van der Waals surface area contributed by atoms with Crippen molar-refractivity contribution in [3.8, 4) is 0 Å². The first-order valence-electron chi connectivity index (χ1n) is 9.28. The molecule has 130 valence electrons. The topological polar surface area (TPSA) is 45.2 Å². The third-order valence-electron chi connectivity index (χ3n) is 5.96. The molecule has 4 heterocycles. The van der Waals surface area contributed by atoms with E-state index in [1.807, 2.05) is 0 Å². The van der Waals surface area contributed by atoms with Gasteiger partial charge in [-0.15, -0.1) is 0 Å². The van der Waals surface area contributed by atoms with E-state index in [1.165, 1.54) is 32.5 Å². The molecule has 0 aromatic heterocycles. The van der Waals surface area contributed by atoms with Gasteiger partial charge in [0.25, 0.3) is 5.91 Å². The Morgan fingerprint density at radius 2 is 1.78 bits per heavy atom. The minimum Gasteiger partial charge on any atom is -0.380 e. The lowest BCUT2D eigenvalue weighted by Crippen LogP contribution is -2.45. The van der Waals surface area contributed by atoms with Gasteiger partial charge < -0.3 is 14.5 Å². The summed E-state index contributed by atoms with van der Waals surface area (Å²) in [6.07, 6.45) is 3.66. The van der Waals surface area contributed by atoms with Gasteiger partial charge >= 0.3 is 0 Å². The molecule has 4 rings (SSSR count). The fourth-order valence-corrected chi connectivity index (χ4v) is 4.62. The molecule has 23 heavy (non-hydrogen) atoms. The van der Waals surface area contributed by atoms with Crippen molar-refractivity contribution in [2.24, 2.45) is 17.8 Å². The summed E-state index contributed by atoms with van der Waals surface area (Å²) in [5, 5.41) is 1.59. The number of rotatable bonds is 4. The van der Waals surface area contributed by atoms with Crippen molar-refractivity contribution >= 4 is 5.91 Å². The molecule has 4 aliphatic rings. The number of hydrogen-bond donors (Lipinski definition) is 0. The molecule has 6 nitrogen and oxygen atoms in total. The van der Waals surface area contributed by atoms with Crippen LogP contribution in [0.15, 0.2) is 0 Å². The maximum Gasteiger partial charge on any atom is 0.251 e. The highest BCUT2D eigenvalue weighted by Gasteiger charge is 2.45. The van der Waals surface area contributed by atoms with E-state index >= 15 is 0 Å².